The average Bonchev–Trinajstić information content (AvgIpc) is 3.03. The van der Waals surface area contributed by atoms with E-state index in [0.717, 1.165) is 4.31 Å². The fourth-order valence-corrected chi connectivity index (χ4v) is 4.31. The number of aromatic carboxylic acids is 1. The van der Waals surface area contributed by atoms with Gasteiger partial charge in [-0.25, -0.2) is 17.5 Å². The minimum absolute atomic E-state index is 0.0426. The molecule has 0 aliphatic rings. The molecular weight excluding hydrogens is 392 g/mol. The zero-order valence-corrected chi connectivity index (χ0v) is 16.2. The lowest BCUT2D eigenvalue weighted by Gasteiger charge is -2.19. The van der Waals surface area contributed by atoms with E-state index in [2.05, 4.69) is 4.98 Å². The van der Waals surface area contributed by atoms with Gasteiger partial charge in [-0.1, -0.05) is 24.6 Å². The molecule has 3 aromatic rings. The average molecular weight is 409 g/mol. The third-order valence-electron chi connectivity index (χ3n) is 4.12. The van der Waals surface area contributed by atoms with Gasteiger partial charge in [0.2, 0.25) is 0 Å². The molecule has 27 heavy (non-hydrogen) atoms. The molecule has 1 aromatic heterocycles. The first kappa shape index (κ1) is 19.2. The molecule has 0 spiro atoms. The Kier molecular flexibility index (Phi) is 5.12. The number of sulfonamides is 1. The fraction of sp³-hybridized carbons (Fsp3) is 0.222. The lowest BCUT2D eigenvalue weighted by Crippen LogP contribution is -2.31. The van der Waals surface area contributed by atoms with Gasteiger partial charge in [-0.15, -0.1) is 0 Å². The van der Waals surface area contributed by atoms with E-state index in [0.29, 0.717) is 28.1 Å². The summed E-state index contributed by atoms with van der Waals surface area (Å²) in [4.78, 5) is 15.5. The van der Waals surface area contributed by atoms with Crippen LogP contribution in [0.15, 0.2) is 45.7 Å². The smallest absolute Gasteiger partial charge is 0.336 e. The molecule has 9 heteroatoms. The number of oxazole rings is 1. The molecule has 3 rings (SSSR count). The zero-order chi connectivity index (χ0) is 19.8. The van der Waals surface area contributed by atoms with Gasteiger partial charge in [-0.2, -0.15) is 4.98 Å². The lowest BCUT2D eigenvalue weighted by atomic mass is 10.1. The molecule has 0 saturated heterocycles. The highest BCUT2D eigenvalue weighted by Gasteiger charge is 2.29. The van der Waals surface area contributed by atoms with E-state index in [4.69, 9.17) is 16.0 Å². The van der Waals surface area contributed by atoms with E-state index in [1.165, 1.54) is 18.2 Å². The molecule has 7 nitrogen and oxygen atoms in total. The number of aromatic nitrogens is 1. The molecular formula is C18H17ClN2O5S. The Morgan fingerprint density at radius 2 is 1.96 bits per heavy atom. The summed E-state index contributed by atoms with van der Waals surface area (Å²) in [5.74, 6) is -1.18. The van der Waals surface area contributed by atoms with Crippen molar-refractivity contribution < 1.29 is 22.7 Å². The minimum Gasteiger partial charge on any atom is -0.478 e. The lowest BCUT2D eigenvalue weighted by molar-refractivity contribution is 0.0695. The Morgan fingerprint density at radius 1 is 1.22 bits per heavy atom. The largest absolute Gasteiger partial charge is 0.478 e. The first-order valence-electron chi connectivity index (χ1n) is 8.23. The maximum Gasteiger partial charge on any atom is 0.336 e. The normalized spacial score (nSPS) is 11.7. The second-order valence-electron chi connectivity index (χ2n) is 5.76. The SMILES string of the molecule is CCc1ccc(S(=O)(=O)N(CC)c2nc3cc(Cl)ccc3o2)cc1C(=O)O. The minimum atomic E-state index is -4.06. The molecule has 0 radical (unpaired) electrons. The van der Waals surface area contributed by atoms with Crippen LogP contribution in [0.4, 0.5) is 6.01 Å². The van der Waals surface area contributed by atoms with Crippen LogP contribution in [0.1, 0.15) is 29.8 Å². The van der Waals surface area contributed by atoms with Crippen molar-refractivity contribution in [3.05, 3.63) is 52.5 Å². The van der Waals surface area contributed by atoms with Crippen LogP contribution >= 0.6 is 11.6 Å². The first-order chi connectivity index (χ1) is 12.8. The molecule has 0 amide bonds. The Bertz CT molecular complexity index is 1120. The molecule has 1 heterocycles. The third kappa shape index (κ3) is 3.50. The number of aryl methyl sites for hydroxylation is 1. The Morgan fingerprint density at radius 3 is 2.59 bits per heavy atom. The van der Waals surface area contributed by atoms with Gasteiger partial charge in [0.1, 0.15) is 5.52 Å². The predicted octanol–water partition coefficient (Wildman–Crippen LogP) is 3.96. The predicted molar refractivity (Wildman–Crippen MR) is 102 cm³/mol. The monoisotopic (exact) mass is 408 g/mol. The maximum absolute atomic E-state index is 13.1. The van der Waals surface area contributed by atoms with Crippen molar-refractivity contribution in [2.45, 2.75) is 25.2 Å². The van der Waals surface area contributed by atoms with E-state index in [1.807, 2.05) is 0 Å². The summed E-state index contributed by atoms with van der Waals surface area (Å²) in [6, 6.07) is 8.76. The number of anilines is 1. The van der Waals surface area contributed by atoms with E-state index >= 15 is 0 Å². The van der Waals surface area contributed by atoms with Crippen molar-refractivity contribution in [2.24, 2.45) is 0 Å². The van der Waals surface area contributed by atoms with Gasteiger partial charge >= 0.3 is 12.0 Å². The molecule has 2 aromatic carbocycles. The summed E-state index contributed by atoms with van der Waals surface area (Å²) in [6.45, 7) is 3.50. The van der Waals surface area contributed by atoms with Crippen LogP contribution in [0.2, 0.25) is 5.02 Å². The van der Waals surface area contributed by atoms with Gasteiger partial charge in [0.25, 0.3) is 10.0 Å². The Hall–Kier alpha value is -2.58. The van der Waals surface area contributed by atoms with Crippen LogP contribution in [0.3, 0.4) is 0 Å². The summed E-state index contributed by atoms with van der Waals surface area (Å²) in [5, 5.41) is 9.82. The summed E-state index contributed by atoms with van der Waals surface area (Å²) in [6.07, 6.45) is 0.478. The highest BCUT2D eigenvalue weighted by atomic mass is 35.5. The van der Waals surface area contributed by atoms with Gasteiger partial charge in [0, 0.05) is 11.6 Å². The van der Waals surface area contributed by atoms with Crippen molar-refractivity contribution in [2.75, 3.05) is 10.8 Å². The molecule has 142 valence electrons. The van der Waals surface area contributed by atoms with Crippen LogP contribution < -0.4 is 4.31 Å². The van der Waals surface area contributed by atoms with Crippen molar-refractivity contribution in [1.29, 1.82) is 0 Å². The highest BCUT2D eigenvalue weighted by molar-refractivity contribution is 7.92. The Labute approximate surface area is 161 Å². The molecule has 0 fully saturated rings. The molecule has 0 saturated carbocycles. The standard InChI is InChI=1S/C18H17ClN2O5S/c1-3-11-5-7-13(10-14(11)17(22)23)27(24,25)21(4-2)18-20-15-9-12(19)6-8-16(15)26-18/h5-10H,3-4H2,1-2H3,(H,22,23). The maximum atomic E-state index is 13.1. The molecule has 0 aliphatic carbocycles. The van der Waals surface area contributed by atoms with Crippen molar-refractivity contribution in [3.63, 3.8) is 0 Å². The van der Waals surface area contributed by atoms with Gasteiger partial charge in [0.05, 0.1) is 10.5 Å². The van der Waals surface area contributed by atoms with Crippen LogP contribution in [0.5, 0.6) is 0 Å². The van der Waals surface area contributed by atoms with E-state index in [1.54, 1.807) is 32.0 Å². The number of hydrogen-bond acceptors (Lipinski definition) is 5. The summed E-state index contributed by atoms with van der Waals surface area (Å²) in [7, 11) is -4.06. The van der Waals surface area contributed by atoms with E-state index in [-0.39, 0.29) is 23.0 Å². The fourth-order valence-electron chi connectivity index (χ4n) is 2.75. The van der Waals surface area contributed by atoms with Crippen LogP contribution in [0, 0.1) is 0 Å². The number of fused-ring (bicyclic) bond motifs is 1. The van der Waals surface area contributed by atoms with Gasteiger partial charge in [-0.3, -0.25) is 0 Å². The number of carboxylic acids is 1. The number of hydrogen-bond donors (Lipinski definition) is 1. The molecule has 0 atom stereocenters. The van der Waals surface area contributed by atoms with Crippen LogP contribution in [-0.4, -0.2) is 31.0 Å². The first-order valence-corrected chi connectivity index (χ1v) is 10.0. The summed E-state index contributed by atoms with van der Waals surface area (Å²) < 4.78 is 32.7. The second kappa shape index (κ2) is 7.21. The van der Waals surface area contributed by atoms with E-state index in [9.17, 15) is 18.3 Å². The number of halogens is 1. The van der Waals surface area contributed by atoms with Crippen molar-refractivity contribution >= 4 is 44.7 Å². The number of benzene rings is 2. The summed E-state index contributed by atoms with van der Waals surface area (Å²) >= 11 is 5.93. The quantitative estimate of drug-likeness (QED) is 0.662. The van der Waals surface area contributed by atoms with Crippen LogP contribution in [0.25, 0.3) is 11.1 Å². The summed E-state index contributed by atoms with van der Waals surface area (Å²) in [5.41, 5.74) is 1.34. The number of nitrogens with zero attached hydrogens (tertiary/aromatic N) is 2. The zero-order valence-electron chi connectivity index (χ0n) is 14.6. The van der Waals surface area contributed by atoms with Gasteiger partial charge in [-0.05, 0) is 49.2 Å². The topological polar surface area (TPSA) is 101 Å². The number of carboxylic acid groups (broad SMARTS) is 1. The van der Waals surface area contributed by atoms with E-state index < -0.39 is 16.0 Å². The van der Waals surface area contributed by atoms with Gasteiger partial charge in [0.15, 0.2) is 5.58 Å². The molecule has 0 bridgehead atoms. The van der Waals surface area contributed by atoms with Crippen molar-refractivity contribution in [3.8, 4) is 0 Å². The third-order valence-corrected chi connectivity index (χ3v) is 6.20. The number of rotatable bonds is 6. The molecule has 1 N–H and O–H groups in total. The highest BCUT2D eigenvalue weighted by Crippen LogP contribution is 2.29. The molecule has 0 aliphatic heterocycles. The second-order valence-corrected chi connectivity index (χ2v) is 8.05. The Balaban J connectivity index is 2.10. The van der Waals surface area contributed by atoms with Crippen molar-refractivity contribution in [1.82, 2.24) is 4.98 Å². The molecule has 0 unspecified atom stereocenters. The van der Waals surface area contributed by atoms with Gasteiger partial charge < -0.3 is 9.52 Å². The number of carbonyl (C=O) groups is 1. The van der Waals surface area contributed by atoms with Crippen LogP contribution in [-0.2, 0) is 16.4 Å².